The van der Waals surface area contributed by atoms with E-state index in [1.54, 1.807) is 13.8 Å². The van der Waals surface area contributed by atoms with Crippen LogP contribution in [0.5, 0.6) is 0 Å². The topological polar surface area (TPSA) is 41.5 Å². The molecule has 20 heavy (non-hydrogen) atoms. The zero-order valence-corrected chi connectivity index (χ0v) is 11.0. The minimum atomic E-state index is -4.37. The van der Waals surface area contributed by atoms with Crippen LogP contribution < -0.4 is 5.43 Å². The number of hydrazone groups is 1. The van der Waals surface area contributed by atoms with Crippen molar-refractivity contribution in [1.82, 2.24) is 5.43 Å². The highest BCUT2D eigenvalue weighted by Crippen LogP contribution is 2.32. The zero-order chi connectivity index (χ0) is 14.9. The van der Waals surface area contributed by atoms with Crippen molar-refractivity contribution in [2.75, 3.05) is 0 Å². The Morgan fingerprint density at radius 3 is 2.30 bits per heavy atom. The average Bonchev–Trinajstić information content (AvgIpc) is 2.37. The molecule has 0 saturated heterocycles. The Kier molecular flexibility index (Phi) is 3.65. The first-order valence-corrected chi connectivity index (χ1v) is 5.98. The number of carbonyl (C=O) groups is 1. The fraction of sp³-hybridized carbons (Fsp3) is 0.286. The van der Waals surface area contributed by atoms with E-state index in [0.29, 0.717) is 11.1 Å². The van der Waals surface area contributed by atoms with Gasteiger partial charge in [-0.15, -0.1) is 0 Å². The molecule has 1 aliphatic heterocycles. The molecule has 0 radical (unpaired) electrons. The van der Waals surface area contributed by atoms with Crippen LogP contribution in [0.15, 0.2) is 40.5 Å². The molecule has 0 aliphatic carbocycles. The van der Waals surface area contributed by atoms with Crippen molar-refractivity contribution >= 4 is 12.0 Å². The van der Waals surface area contributed by atoms with E-state index < -0.39 is 17.8 Å². The number of rotatable bonds is 1. The lowest BCUT2D eigenvalue weighted by Crippen LogP contribution is -2.29. The summed E-state index contributed by atoms with van der Waals surface area (Å²) in [6.45, 7) is 3.57. The van der Waals surface area contributed by atoms with Gasteiger partial charge in [-0.25, -0.2) is 0 Å². The van der Waals surface area contributed by atoms with E-state index in [-0.39, 0.29) is 5.78 Å². The second-order valence-corrected chi connectivity index (χ2v) is 4.72. The van der Waals surface area contributed by atoms with Gasteiger partial charge in [0.2, 0.25) is 5.78 Å². The summed E-state index contributed by atoms with van der Waals surface area (Å²) < 4.78 is 37.6. The molecule has 0 bridgehead atoms. The Morgan fingerprint density at radius 1 is 1.20 bits per heavy atom. The standard InChI is InChI=1S/C14H13F3N2O/c1-8(2)12-11(20)7-18-19-13(12)9-3-5-10(6-4-9)14(15,16)17/h3-7,13,19H,1-2H3. The van der Waals surface area contributed by atoms with Crippen LogP contribution in [-0.4, -0.2) is 12.0 Å². The van der Waals surface area contributed by atoms with E-state index in [2.05, 4.69) is 10.5 Å². The summed E-state index contributed by atoms with van der Waals surface area (Å²) in [6.07, 6.45) is -3.20. The number of ketones is 1. The van der Waals surface area contributed by atoms with Gasteiger partial charge in [-0.1, -0.05) is 17.7 Å². The molecule has 1 aliphatic rings. The van der Waals surface area contributed by atoms with Crippen molar-refractivity contribution in [1.29, 1.82) is 0 Å². The van der Waals surface area contributed by atoms with E-state index in [9.17, 15) is 18.0 Å². The van der Waals surface area contributed by atoms with Gasteiger partial charge >= 0.3 is 6.18 Å². The lowest BCUT2D eigenvalue weighted by molar-refractivity contribution is -0.137. The molecule has 0 spiro atoms. The van der Waals surface area contributed by atoms with Gasteiger partial charge in [0.25, 0.3) is 0 Å². The molecule has 6 heteroatoms. The van der Waals surface area contributed by atoms with Gasteiger partial charge in [0.15, 0.2) is 0 Å². The van der Waals surface area contributed by atoms with E-state index in [4.69, 9.17) is 0 Å². The van der Waals surface area contributed by atoms with Gasteiger partial charge < -0.3 is 0 Å². The molecule has 2 rings (SSSR count). The highest BCUT2D eigenvalue weighted by atomic mass is 19.4. The molecule has 0 amide bonds. The Balaban J connectivity index is 2.39. The van der Waals surface area contributed by atoms with Gasteiger partial charge in [0, 0.05) is 5.57 Å². The Bertz CT molecular complexity index is 581. The van der Waals surface area contributed by atoms with Crippen molar-refractivity contribution in [3.8, 4) is 0 Å². The van der Waals surface area contributed by atoms with Gasteiger partial charge in [0.1, 0.15) is 0 Å². The highest BCUT2D eigenvalue weighted by molar-refractivity contribution is 6.36. The lowest BCUT2D eigenvalue weighted by atomic mass is 9.91. The second-order valence-electron chi connectivity index (χ2n) is 4.72. The summed E-state index contributed by atoms with van der Waals surface area (Å²) in [5, 5.41) is 3.74. The van der Waals surface area contributed by atoms with Crippen molar-refractivity contribution in [3.63, 3.8) is 0 Å². The third kappa shape index (κ3) is 2.74. The number of alkyl halides is 3. The van der Waals surface area contributed by atoms with E-state index in [1.807, 2.05) is 0 Å². The summed E-state index contributed by atoms with van der Waals surface area (Å²) in [5.41, 5.74) is 3.93. The SMILES string of the molecule is CC(C)=C1C(=O)C=NNC1c1ccc(C(F)(F)F)cc1. The summed E-state index contributed by atoms with van der Waals surface area (Å²) in [7, 11) is 0. The van der Waals surface area contributed by atoms with Crippen molar-refractivity contribution in [3.05, 3.63) is 46.5 Å². The molecule has 1 atom stereocenters. The normalized spacial score (nSPS) is 18.9. The average molecular weight is 282 g/mol. The summed E-state index contributed by atoms with van der Waals surface area (Å²) in [6, 6.07) is 4.21. The first-order valence-electron chi connectivity index (χ1n) is 5.98. The maximum Gasteiger partial charge on any atom is 0.416 e. The van der Waals surface area contributed by atoms with E-state index in [1.165, 1.54) is 18.3 Å². The Labute approximate surface area is 114 Å². The largest absolute Gasteiger partial charge is 0.416 e. The smallest absolute Gasteiger partial charge is 0.298 e. The van der Waals surface area contributed by atoms with Crippen LogP contribution in [-0.2, 0) is 11.0 Å². The lowest BCUT2D eigenvalue weighted by Gasteiger charge is -2.23. The molecule has 1 heterocycles. The van der Waals surface area contributed by atoms with E-state index >= 15 is 0 Å². The Morgan fingerprint density at radius 2 is 1.80 bits per heavy atom. The van der Waals surface area contributed by atoms with Crippen LogP contribution in [0, 0.1) is 0 Å². The fourth-order valence-corrected chi connectivity index (χ4v) is 2.09. The number of hydrogen-bond donors (Lipinski definition) is 1. The van der Waals surface area contributed by atoms with Gasteiger partial charge in [0.05, 0.1) is 17.8 Å². The van der Waals surface area contributed by atoms with Crippen LogP contribution >= 0.6 is 0 Å². The number of benzene rings is 1. The maximum absolute atomic E-state index is 12.5. The first-order chi connectivity index (χ1) is 9.30. The number of allylic oxidation sites excluding steroid dienone is 1. The van der Waals surface area contributed by atoms with Crippen LogP contribution in [0.4, 0.5) is 13.2 Å². The molecule has 1 aromatic rings. The predicted octanol–water partition coefficient (Wildman–Crippen LogP) is 3.24. The quantitative estimate of drug-likeness (QED) is 0.803. The third-order valence-corrected chi connectivity index (χ3v) is 3.05. The molecule has 0 fully saturated rings. The summed E-state index contributed by atoms with van der Waals surface area (Å²) >= 11 is 0. The molecule has 1 unspecified atom stereocenters. The molecule has 3 nitrogen and oxygen atoms in total. The first kappa shape index (κ1) is 14.3. The molecule has 0 saturated carbocycles. The van der Waals surface area contributed by atoms with Crippen molar-refractivity contribution < 1.29 is 18.0 Å². The number of carbonyl (C=O) groups excluding carboxylic acids is 1. The number of nitrogens with one attached hydrogen (secondary N) is 1. The van der Waals surface area contributed by atoms with Gasteiger partial charge in [-0.05, 0) is 31.5 Å². The van der Waals surface area contributed by atoms with E-state index in [0.717, 1.165) is 17.7 Å². The Hall–Kier alpha value is -2.11. The molecular weight excluding hydrogens is 269 g/mol. The molecular formula is C14H13F3N2O. The molecule has 1 aromatic carbocycles. The molecule has 0 aromatic heterocycles. The third-order valence-electron chi connectivity index (χ3n) is 3.05. The second kappa shape index (κ2) is 5.11. The van der Waals surface area contributed by atoms with Crippen LogP contribution in [0.3, 0.4) is 0 Å². The number of halogens is 3. The maximum atomic E-state index is 12.5. The monoisotopic (exact) mass is 282 g/mol. The van der Waals surface area contributed by atoms with Crippen LogP contribution in [0.1, 0.15) is 31.0 Å². The highest BCUT2D eigenvalue weighted by Gasteiger charge is 2.31. The predicted molar refractivity (Wildman–Crippen MR) is 69.2 cm³/mol. The van der Waals surface area contributed by atoms with Crippen molar-refractivity contribution in [2.45, 2.75) is 26.1 Å². The minimum Gasteiger partial charge on any atom is -0.298 e. The zero-order valence-electron chi connectivity index (χ0n) is 11.0. The van der Waals surface area contributed by atoms with Crippen molar-refractivity contribution in [2.24, 2.45) is 5.10 Å². The molecule has 1 N–H and O–H groups in total. The van der Waals surface area contributed by atoms with Crippen LogP contribution in [0.25, 0.3) is 0 Å². The molecule has 106 valence electrons. The minimum absolute atomic E-state index is 0.228. The summed E-state index contributed by atoms with van der Waals surface area (Å²) in [5.74, 6) is -0.228. The number of hydrogen-bond acceptors (Lipinski definition) is 3. The van der Waals surface area contributed by atoms with Gasteiger partial charge in [-0.2, -0.15) is 18.3 Å². The van der Waals surface area contributed by atoms with Crippen LogP contribution in [0.2, 0.25) is 0 Å². The summed E-state index contributed by atoms with van der Waals surface area (Å²) in [4.78, 5) is 11.8. The number of Topliss-reactive ketones (excluding diaryl/α,β-unsaturated/α-hetero) is 1. The fourth-order valence-electron chi connectivity index (χ4n) is 2.09. The number of nitrogens with zero attached hydrogens (tertiary/aromatic N) is 1. The van der Waals surface area contributed by atoms with Gasteiger partial charge in [-0.3, -0.25) is 10.2 Å².